The van der Waals surface area contributed by atoms with Crippen molar-refractivity contribution in [3.63, 3.8) is 0 Å². The Morgan fingerprint density at radius 2 is 2.50 bits per heavy atom. The van der Waals surface area contributed by atoms with Crippen LogP contribution in [0.3, 0.4) is 0 Å². The predicted octanol–water partition coefficient (Wildman–Crippen LogP) is 0.102. The summed E-state index contributed by atoms with van der Waals surface area (Å²) in [5.74, 6) is 0.681. The smallest absolute Gasteiger partial charge is 0.272 e. The fourth-order valence-corrected chi connectivity index (χ4v) is 2.20. The highest BCUT2D eigenvalue weighted by molar-refractivity contribution is 5.92. The van der Waals surface area contributed by atoms with Crippen molar-refractivity contribution in [2.75, 3.05) is 26.7 Å². The summed E-state index contributed by atoms with van der Waals surface area (Å²) in [6.07, 6.45) is 4.38. The van der Waals surface area contributed by atoms with Gasteiger partial charge in [-0.1, -0.05) is 0 Å². The van der Waals surface area contributed by atoms with Gasteiger partial charge in [-0.25, -0.2) is 4.98 Å². The zero-order chi connectivity index (χ0) is 11.5. The Kier molecular flexibility index (Phi) is 3.24. The van der Waals surface area contributed by atoms with Gasteiger partial charge in [-0.15, -0.1) is 0 Å². The number of carbonyl (C=O) groups is 1. The average Bonchev–Trinajstić information content (AvgIpc) is 2.87. The zero-order valence-corrected chi connectivity index (χ0v) is 9.81. The normalized spacial score (nSPS) is 20.4. The third kappa shape index (κ3) is 2.09. The molecular weight excluding hydrogens is 204 g/mol. The van der Waals surface area contributed by atoms with Crippen LogP contribution in [0, 0.1) is 5.92 Å². The number of nitrogens with one attached hydrogen (secondary N) is 1. The number of imidazole rings is 1. The number of nitrogens with zero attached hydrogens (tertiary/aromatic N) is 3. The first-order valence-corrected chi connectivity index (χ1v) is 5.62. The van der Waals surface area contributed by atoms with E-state index in [0.29, 0.717) is 11.6 Å². The molecule has 5 nitrogen and oxygen atoms in total. The molecule has 1 aliphatic rings. The van der Waals surface area contributed by atoms with Crippen LogP contribution in [0.4, 0.5) is 0 Å². The van der Waals surface area contributed by atoms with Crippen LogP contribution in [0.2, 0.25) is 0 Å². The summed E-state index contributed by atoms with van der Waals surface area (Å²) >= 11 is 0. The second-order valence-corrected chi connectivity index (χ2v) is 4.35. The van der Waals surface area contributed by atoms with E-state index in [-0.39, 0.29) is 5.91 Å². The topological polar surface area (TPSA) is 50.2 Å². The molecule has 0 radical (unpaired) electrons. The van der Waals surface area contributed by atoms with E-state index in [4.69, 9.17) is 0 Å². The van der Waals surface area contributed by atoms with Crippen molar-refractivity contribution >= 4 is 5.91 Å². The van der Waals surface area contributed by atoms with Crippen LogP contribution in [0.5, 0.6) is 0 Å². The summed E-state index contributed by atoms with van der Waals surface area (Å²) in [5.41, 5.74) is 0.671. The maximum Gasteiger partial charge on any atom is 0.272 e. The maximum absolute atomic E-state index is 12.1. The molecule has 2 heterocycles. The Bertz CT molecular complexity index is 374. The summed E-state index contributed by atoms with van der Waals surface area (Å²) in [4.78, 5) is 18.0. The molecular formula is C11H18N4O. The van der Waals surface area contributed by atoms with Crippen molar-refractivity contribution in [3.05, 3.63) is 18.2 Å². The summed E-state index contributed by atoms with van der Waals surface area (Å²) in [6, 6.07) is 0. The van der Waals surface area contributed by atoms with Crippen molar-refractivity contribution in [2.24, 2.45) is 13.0 Å². The second-order valence-electron chi connectivity index (χ2n) is 4.35. The fourth-order valence-electron chi connectivity index (χ4n) is 2.20. The van der Waals surface area contributed by atoms with Gasteiger partial charge in [0.1, 0.15) is 5.69 Å². The van der Waals surface area contributed by atoms with Crippen molar-refractivity contribution < 1.29 is 4.79 Å². The van der Waals surface area contributed by atoms with Gasteiger partial charge < -0.3 is 14.8 Å². The summed E-state index contributed by atoms with van der Waals surface area (Å²) in [5, 5.41) is 3.16. The van der Waals surface area contributed by atoms with E-state index in [1.165, 1.54) is 0 Å². The molecule has 88 valence electrons. The van der Waals surface area contributed by atoms with Crippen LogP contribution >= 0.6 is 0 Å². The van der Waals surface area contributed by atoms with Gasteiger partial charge in [-0.3, -0.25) is 4.79 Å². The van der Waals surface area contributed by atoms with Crippen LogP contribution in [0.1, 0.15) is 16.9 Å². The minimum Gasteiger partial charge on any atom is -0.337 e. The third-order valence-electron chi connectivity index (χ3n) is 3.10. The number of hydrogen-bond acceptors (Lipinski definition) is 3. The lowest BCUT2D eigenvalue weighted by atomic mass is 10.1. The molecule has 1 fully saturated rings. The SMILES string of the molecule is CNCC1CCN(C(=O)c2cncn2C)C1. The summed E-state index contributed by atoms with van der Waals surface area (Å²) in [6.45, 7) is 2.69. The highest BCUT2D eigenvalue weighted by atomic mass is 16.2. The first kappa shape index (κ1) is 11.1. The predicted molar refractivity (Wildman–Crippen MR) is 61.1 cm³/mol. The Labute approximate surface area is 95.5 Å². The molecule has 1 saturated heterocycles. The van der Waals surface area contributed by atoms with Crippen LogP contribution in [-0.2, 0) is 7.05 Å². The largest absolute Gasteiger partial charge is 0.337 e. The Hall–Kier alpha value is -1.36. The number of carbonyl (C=O) groups excluding carboxylic acids is 1. The molecule has 1 aromatic rings. The fraction of sp³-hybridized carbons (Fsp3) is 0.636. The number of aryl methyl sites for hydroxylation is 1. The molecule has 1 amide bonds. The number of hydrogen-bond donors (Lipinski definition) is 1. The van der Waals surface area contributed by atoms with Gasteiger partial charge in [-0.2, -0.15) is 0 Å². The number of rotatable bonds is 3. The van der Waals surface area contributed by atoms with Crippen molar-refractivity contribution in [1.82, 2.24) is 19.8 Å². The molecule has 1 aromatic heterocycles. The monoisotopic (exact) mass is 222 g/mol. The standard InChI is InChI=1S/C11H18N4O/c1-12-5-9-3-4-15(7-9)11(16)10-6-13-8-14(10)2/h6,8-9,12H,3-5,7H2,1-2H3. The molecule has 1 unspecified atom stereocenters. The molecule has 1 N–H and O–H groups in total. The Morgan fingerprint density at radius 1 is 1.69 bits per heavy atom. The van der Waals surface area contributed by atoms with Crippen LogP contribution < -0.4 is 5.32 Å². The number of aromatic nitrogens is 2. The molecule has 1 aliphatic heterocycles. The van der Waals surface area contributed by atoms with Gasteiger partial charge in [0.05, 0.1) is 12.5 Å². The zero-order valence-electron chi connectivity index (χ0n) is 9.81. The molecule has 5 heteroatoms. The van der Waals surface area contributed by atoms with E-state index in [1.54, 1.807) is 17.1 Å². The van der Waals surface area contributed by atoms with Crippen LogP contribution in [-0.4, -0.2) is 47.0 Å². The number of amides is 1. The molecule has 2 rings (SSSR count). The highest BCUT2D eigenvalue weighted by Gasteiger charge is 2.27. The van der Waals surface area contributed by atoms with Gasteiger partial charge >= 0.3 is 0 Å². The summed E-state index contributed by atoms with van der Waals surface area (Å²) < 4.78 is 1.77. The Balaban J connectivity index is 2.00. The van der Waals surface area contributed by atoms with E-state index in [1.807, 2.05) is 19.0 Å². The quantitative estimate of drug-likeness (QED) is 0.789. The van der Waals surface area contributed by atoms with E-state index in [0.717, 1.165) is 26.1 Å². The molecule has 0 aliphatic carbocycles. The van der Waals surface area contributed by atoms with Gasteiger partial charge in [0.25, 0.3) is 5.91 Å². The average molecular weight is 222 g/mol. The minimum absolute atomic E-state index is 0.0959. The Morgan fingerprint density at radius 3 is 3.12 bits per heavy atom. The number of likely N-dealkylation sites (tertiary alicyclic amines) is 1. The van der Waals surface area contributed by atoms with Crippen molar-refractivity contribution in [2.45, 2.75) is 6.42 Å². The minimum atomic E-state index is 0.0959. The first-order chi connectivity index (χ1) is 7.72. The lowest BCUT2D eigenvalue weighted by Crippen LogP contribution is -2.31. The van der Waals surface area contributed by atoms with Crippen LogP contribution in [0.25, 0.3) is 0 Å². The van der Waals surface area contributed by atoms with Crippen molar-refractivity contribution in [1.29, 1.82) is 0 Å². The molecule has 16 heavy (non-hydrogen) atoms. The molecule has 0 bridgehead atoms. The second kappa shape index (κ2) is 4.65. The molecule has 0 saturated carbocycles. The van der Waals surface area contributed by atoms with Gasteiger partial charge in [-0.05, 0) is 25.9 Å². The van der Waals surface area contributed by atoms with E-state index >= 15 is 0 Å². The van der Waals surface area contributed by atoms with E-state index in [9.17, 15) is 4.79 Å². The summed E-state index contributed by atoms with van der Waals surface area (Å²) in [7, 11) is 3.80. The lowest BCUT2D eigenvalue weighted by molar-refractivity contribution is 0.0777. The third-order valence-corrected chi connectivity index (χ3v) is 3.10. The highest BCUT2D eigenvalue weighted by Crippen LogP contribution is 2.17. The van der Waals surface area contributed by atoms with Crippen molar-refractivity contribution in [3.8, 4) is 0 Å². The molecule has 0 aromatic carbocycles. The van der Waals surface area contributed by atoms with Gasteiger partial charge in [0.15, 0.2) is 0 Å². The molecule has 1 atom stereocenters. The van der Waals surface area contributed by atoms with E-state index in [2.05, 4.69) is 10.3 Å². The van der Waals surface area contributed by atoms with Crippen LogP contribution in [0.15, 0.2) is 12.5 Å². The molecule has 0 spiro atoms. The van der Waals surface area contributed by atoms with E-state index < -0.39 is 0 Å². The van der Waals surface area contributed by atoms with Gasteiger partial charge in [0, 0.05) is 20.1 Å². The maximum atomic E-state index is 12.1. The lowest BCUT2D eigenvalue weighted by Gasteiger charge is -2.16. The van der Waals surface area contributed by atoms with Gasteiger partial charge in [0.2, 0.25) is 0 Å². The first-order valence-electron chi connectivity index (χ1n) is 5.62.